The number of rotatable bonds is 8. The molecule has 1 aromatic rings. The van der Waals surface area contributed by atoms with Crippen LogP contribution in [0.15, 0.2) is 24.3 Å². The summed E-state index contributed by atoms with van der Waals surface area (Å²) >= 11 is 1.91. The Morgan fingerprint density at radius 3 is 2.10 bits per heavy atom. The predicted octanol–water partition coefficient (Wildman–Crippen LogP) is 3.88. The summed E-state index contributed by atoms with van der Waals surface area (Å²) in [6, 6.07) is 9.87. The first-order valence-corrected chi connectivity index (χ1v) is 8.95. The Bertz CT molecular complexity index is 375. The van der Waals surface area contributed by atoms with Crippen molar-refractivity contribution in [1.82, 2.24) is 4.90 Å². The van der Waals surface area contributed by atoms with Gasteiger partial charge < -0.3 is 5.73 Å². The quantitative estimate of drug-likeness (QED) is 0.789. The molecule has 0 radical (unpaired) electrons. The molecule has 20 heavy (non-hydrogen) atoms. The molecule has 0 saturated carbocycles. The average Bonchev–Trinajstić information content (AvgIpc) is 2.45. The predicted molar refractivity (Wildman–Crippen MR) is 92.6 cm³/mol. The van der Waals surface area contributed by atoms with Crippen molar-refractivity contribution in [2.75, 3.05) is 25.6 Å². The monoisotopic (exact) mass is 294 g/mol. The van der Waals surface area contributed by atoms with Crippen LogP contribution < -0.4 is 5.73 Å². The molecule has 2 nitrogen and oxygen atoms in total. The van der Waals surface area contributed by atoms with Crippen molar-refractivity contribution in [3.63, 3.8) is 0 Å². The van der Waals surface area contributed by atoms with Crippen LogP contribution in [-0.4, -0.2) is 36.5 Å². The topological polar surface area (TPSA) is 29.3 Å². The van der Waals surface area contributed by atoms with E-state index in [2.05, 4.69) is 63.2 Å². The molecule has 0 heterocycles. The van der Waals surface area contributed by atoms with Crippen molar-refractivity contribution < 1.29 is 0 Å². The van der Waals surface area contributed by atoms with Gasteiger partial charge in [0, 0.05) is 24.4 Å². The fourth-order valence-electron chi connectivity index (χ4n) is 2.61. The lowest BCUT2D eigenvalue weighted by Gasteiger charge is -2.34. The van der Waals surface area contributed by atoms with Crippen LogP contribution in [0.5, 0.6) is 0 Å². The van der Waals surface area contributed by atoms with Crippen molar-refractivity contribution in [3.8, 4) is 0 Å². The van der Waals surface area contributed by atoms with E-state index < -0.39 is 0 Å². The van der Waals surface area contributed by atoms with E-state index in [0.29, 0.717) is 24.5 Å². The molecule has 2 N–H and O–H groups in total. The van der Waals surface area contributed by atoms with Gasteiger partial charge in [0.2, 0.25) is 0 Å². The number of nitrogens with two attached hydrogens (primary N) is 1. The summed E-state index contributed by atoms with van der Waals surface area (Å²) in [7, 11) is 2.21. The minimum Gasteiger partial charge on any atom is -0.329 e. The summed E-state index contributed by atoms with van der Waals surface area (Å²) in [5.41, 5.74) is 8.77. The van der Waals surface area contributed by atoms with Crippen LogP contribution in [0, 0.1) is 0 Å². The fourth-order valence-corrected chi connectivity index (χ4v) is 3.47. The number of likely N-dealkylation sites (N-methyl/N-ethyl adjacent to an activating group) is 1. The normalized spacial score (nSPS) is 14.8. The number of benzene rings is 1. The summed E-state index contributed by atoms with van der Waals surface area (Å²) in [5, 5.41) is 0. The molecule has 0 fully saturated rings. The van der Waals surface area contributed by atoms with Gasteiger partial charge in [-0.1, -0.05) is 45.0 Å². The first kappa shape index (κ1) is 17.5. The summed E-state index contributed by atoms with van der Waals surface area (Å²) in [5.74, 6) is 1.74. The van der Waals surface area contributed by atoms with E-state index in [1.807, 2.05) is 11.8 Å². The SMILES string of the molecule is CCC(CSC)N(C)C(CN)c1ccc(C(C)C)cc1. The number of thioether (sulfide) groups is 1. The Morgan fingerprint density at radius 2 is 1.70 bits per heavy atom. The molecule has 3 heteroatoms. The highest BCUT2D eigenvalue weighted by Gasteiger charge is 2.21. The molecular weight excluding hydrogens is 264 g/mol. The van der Waals surface area contributed by atoms with Gasteiger partial charge >= 0.3 is 0 Å². The molecule has 0 spiro atoms. The standard InChI is InChI=1S/C17H30N2S/c1-6-16(12-20-5)19(4)17(11-18)15-9-7-14(8-10-15)13(2)3/h7-10,13,16-17H,6,11-12,18H2,1-5H3. The van der Waals surface area contributed by atoms with Gasteiger partial charge in [0.15, 0.2) is 0 Å². The minimum absolute atomic E-state index is 0.313. The highest BCUT2D eigenvalue weighted by atomic mass is 32.2. The highest BCUT2D eigenvalue weighted by molar-refractivity contribution is 7.98. The second-order valence-electron chi connectivity index (χ2n) is 5.76. The molecule has 0 aliphatic rings. The van der Waals surface area contributed by atoms with Crippen molar-refractivity contribution in [3.05, 3.63) is 35.4 Å². The maximum atomic E-state index is 6.04. The zero-order valence-corrected chi connectivity index (χ0v) is 14.4. The molecule has 0 saturated heterocycles. The molecule has 0 aliphatic carbocycles. The van der Waals surface area contributed by atoms with Gasteiger partial charge in [-0.15, -0.1) is 0 Å². The van der Waals surface area contributed by atoms with E-state index in [0.717, 1.165) is 12.2 Å². The number of hydrogen-bond donors (Lipinski definition) is 1. The van der Waals surface area contributed by atoms with Crippen molar-refractivity contribution >= 4 is 11.8 Å². The third kappa shape index (κ3) is 4.51. The van der Waals surface area contributed by atoms with Gasteiger partial charge in [-0.25, -0.2) is 0 Å². The molecule has 2 atom stereocenters. The first-order chi connectivity index (χ1) is 9.54. The van der Waals surface area contributed by atoms with Gasteiger partial charge in [0.25, 0.3) is 0 Å². The maximum absolute atomic E-state index is 6.04. The summed E-state index contributed by atoms with van der Waals surface area (Å²) in [4.78, 5) is 2.45. The third-order valence-corrected chi connectivity index (χ3v) is 4.83. The molecule has 2 unspecified atom stereocenters. The van der Waals surface area contributed by atoms with E-state index in [9.17, 15) is 0 Å². The molecule has 0 amide bonds. The molecule has 0 aromatic heterocycles. The first-order valence-electron chi connectivity index (χ1n) is 7.55. The second-order valence-corrected chi connectivity index (χ2v) is 6.67. The van der Waals surface area contributed by atoms with Crippen LogP contribution in [0.25, 0.3) is 0 Å². The van der Waals surface area contributed by atoms with Crippen LogP contribution in [0.3, 0.4) is 0 Å². The molecule has 1 aromatic carbocycles. The minimum atomic E-state index is 0.313. The van der Waals surface area contributed by atoms with Crippen LogP contribution in [-0.2, 0) is 0 Å². The highest BCUT2D eigenvalue weighted by Crippen LogP contribution is 2.25. The van der Waals surface area contributed by atoms with E-state index >= 15 is 0 Å². The zero-order valence-electron chi connectivity index (χ0n) is 13.6. The largest absolute Gasteiger partial charge is 0.329 e. The lowest BCUT2D eigenvalue weighted by atomic mass is 9.98. The lowest BCUT2D eigenvalue weighted by molar-refractivity contribution is 0.188. The Morgan fingerprint density at radius 1 is 1.15 bits per heavy atom. The van der Waals surface area contributed by atoms with E-state index in [-0.39, 0.29) is 0 Å². The van der Waals surface area contributed by atoms with Crippen molar-refractivity contribution in [2.24, 2.45) is 5.73 Å². The Hall–Kier alpha value is -0.510. The van der Waals surface area contributed by atoms with Crippen LogP contribution >= 0.6 is 11.8 Å². The van der Waals surface area contributed by atoms with Crippen LogP contribution in [0.2, 0.25) is 0 Å². The van der Waals surface area contributed by atoms with Gasteiger partial charge in [0.1, 0.15) is 0 Å². The molecule has 0 bridgehead atoms. The lowest BCUT2D eigenvalue weighted by Crippen LogP contribution is -2.39. The van der Waals surface area contributed by atoms with Crippen molar-refractivity contribution in [1.29, 1.82) is 0 Å². The number of nitrogens with zero attached hydrogens (tertiary/aromatic N) is 1. The maximum Gasteiger partial charge on any atom is 0.0470 e. The second kappa shape index (κ2) is 8.71. The molecule has 1 rings (SSSR count). The molecular formula is C17H30N2S. The summed E-state index contributed by atoms with van der Waals surface area (Å²) in [6.45, 7) is 7.38. The van der Waals surface area contributed by atoms with Crippen LogP contribution in [0.4, 0.5) is 0 Å². The number of hydrogen-bond acceptors (Lipinski definition) is 3. The van der Waals surface area contributed by atoms with Crippen LogP contribution in [0.1, 0.15) is 50.3 Å². The van der Waals surface area contributed by atoms with E-state index in [4.69, 9.17) is 5.73 Å². The third-order valence-electron chi connectivity index (χ3n) is 4.11. The van der Waals surface area contributed by atoms with Gasteiger partial charge in [-0.3, -0.25) is 4.90 Å². The smallest absolute Gasteiger partial charge is 0.0470 e. The fraction of sp³-hybridized carbons (Fsp3) is 0.647. The van der Waals surface area contributed by atoms with Gasteiger partial charge in [-0.2, -0.15) is 11.8 Å². The zero-order chi connectivity index (χ0) is 15.1. The van der Waals surface area contributed by atoms with E-state index in [1.54, 1.807) is 0 Å². The average molecular weight is 295 g/mol. The Kier molecular flexibility index (Phi) is 7.63. The van der Waals surface area contributed by atoms with Gasteiger partial charge in [0.05, 0.1) is 0 Å². The molecule has 0 aliphatic heterocycles. The summed E-state index contributed by atoms with van der Waals surface area (Å²) in [6.07, 6.45) is 3.34. The summed E-state index contributed by atoms with van der Waals surface area (Å²) < 4.78 is 0. The van der Waals surface area contributed by atoms with E-state index in [1.165, 1.54) is 11.1 Å². The van der Waals surface area contributed by atoms with Crippen molar-refractivity contribution in [2.45, 2.75) is 45.2 Å². The molecule has 114 valence electrons. The Balaban J connectivity index is 2.88. The van der Waals surface area contributed by atoms with Gasteiger partial charge in [-0.05, 0) is 36.8 Å². The Labute approximate surface area is 129 Å².